The van der Waals surface area contributed by atoms with Crippen molar-refractivity contribution in [1.29, 1.82) is 0 Å². The highest BCUT2D eigenvalue weighted by molar-refractivity contribution is 7.73. The number of benzene rings is 1. The molecule has 2 rings (SSSR count). The van der Waals surface area contributed by atoms with Crippen molar-refractivity contribution in [2.24, 2.45) is 0 Å². The molecule has 0 saturated heterocycles. The van der Waals surface area contributed by atoms with Crippen molar-refractivity contribution < 1.29 is 4.57 Å². The van der Waals surface area contributed by atoms with Crippen LogP contribution in [0.15, 0.2) is 47.2 Å². The third-order valence-electron chi connectivity index (χ3n) is 3.55. The number of hydrogen-bond acceptors (Lipinski definition) is 2. The predicted molar refractivity (Wildman–Crippen MR) is 86.3 cm³/mol. The highest BCUT2D eigenvalue weighted by Gasteiger charge is 2.37. The molecule has 0 aliphatic rings. The van der Waals surface area contributed by atoms with Gasteiger partial charge in [0.05, 0.1) is 0 Å². The van der Waals surface area contributed by atoms with Gasteiger partial charge in [-0.25, -0.2) is 0 Å². The van der Waals surface area contributed by atoms with E-state index in [1.807, 2.05) is 30.3 Å². The molecule has 0 amide bonds. The maximum absolute atomic E-state index is 13.5. The number of rotatable bonds is 4. The Kier molecular flexibility index (Phi) is 4.32. The van der Waals surface area contributed by atoms with Crippen molar-refractivity contribution in [3.8, 4) is 0 Å². The van der Waals surface area contributed by atoms with E-state index in [0.717, 1.165) is 17.9 Å². The van der Waals surface area contributed by atoms with Crippen molar-refractivity contribution >= 4 is 23.8 Å². The minimum absolute atomic E-state index is 0.190. The Balaban J connectivity index is 2.29. The fourth-order valence-electron chi connectivity index (χ4n) is 2.24. The second kappa shape index (κ2) is 5.64. The quantitative estimate of drug-likeness (QED) is 0.741. The first-order valence-corrected chi connectivity index (χ1v) is 9.43. The normalized spacial score (nSPS) is 15.1. The predicted octanol–water partition coefficient (Wildman–Crippen LogP) is 4.78. The summed E-state index contributed by atoms with van der Waals surface area (Å²) >= 11 is 1.70. The van der Waals surface area contributed by atoms with E-state index >= 15 is 0 Å². The minimum Gasteiger partial charge on any atom is -0.318 e. The fourth-order valence-corrected chi connectivity index (χ4v) is 5.88. The Morgan fingerprint density at radius 1 is 1.11 bits per heavy atom. The van der Waals surface area contributed by atoms with E-state index in [-0.39, 0.29) is 5.16 Å². The Morgan fingerprint density at radius 2 is 1.79 bits per heavy atom. The Bertz CT molecular complexity index is 552. The molecule has 1 aromatic carbocycles. The molecule has 0 fully saturated rings. The van der Waals surface area contributed by atoms with E-state index in [1.54, 1.807) is 11.3 Å². The first kappa shape index (κ1) is 14.6. The molecule has 19 heavy (non-hydrogen) atoms. The van der Waals surface area contributed by atoms with E-state index in [2.05, 4.69) is 37.6 Å². The zero-order valence-corrected chi connectivity index (χ0v) is 13.5. The van der Waals surface area contributed by atoms with Gasteiger partial charge < -0.3 is 4.57 Å². The summed E-state index contributed by atoms with van der Waals surface area (Å²) in [5, 5.41) is 5.06. The highest BCUT2D eigenvalue weighted by atomic mass is 32.1. The molecule has 102 valence electrons. The Labute approximate surface area is 120 Å². The van der Waals surface area contributed by atoms with Gasteiger partial charge in [0, 0.05) is 16.6 Å². The van der Waals surface area contributed by atoms with Crippen LogP contribution in [0.4, 0.5) is 0 Å². The first-order valence-electron chi connectivity index (χ1n) is 6.59. The molecule has 0 radical (unpaired) electrons. The van der Waals surface area contributed by atoms with Gasteiger partial charge in [-0.1, -0.05) is 51.1 Å². The first-order chi connectivity index (χ1) is 8.93. The van der Waals surface area contributed by atoms with Crippen molar-refractivity contribution in [2.45, 2.75) is 32.3 Å². The van der Waals surface area contributed by atoms with Crippen molar-refractivity contribution in [3.63, 3.8) is 0 Å². The summed E-state index contributed by atoms with van der Waals surface area (Å²) in [6.07, 6.45) is 1.64. The summed E-state index contributed by atoms with van der Waals surface area (Å²) in [6, 6.07) is 12.1. The molecule has 2 aromatic rings. The van der Waals surface area contributed by atoms with Crippen LogP contribution < -0.4 is 5.30 Å². The molecule has 1 heterocycles. The van der Waals surface area contributed by atoms with Gasteiger partial charge in [-0.05, 0) is 28.8 Å². The largest absolute Gasteiger partial charge is 0.318 e. The SMILES string of the molecule is CC(C)(C)P(=O)(CCc1ccsc1)c1ccccc1. The number of thiophene rings is 1. The molecule has 1 nitrogen and oxygen atoms in total. The molecule has 3 heteroatoms. The summed E-state index contributed by atoms with van der Waals surface area (Å²) in [5.74, 6) is 0. The van der Waals surface area contributed by atoms with Gasteiger partial charge >= 0.3 is 0 Å². The average Bonchev–Trinajstić information content (AvgIpc) is 2.89. The van der Waals surface area contributed by atoms with Gasteiger partial charge in [-0.3, -0.25) is 0 Å². The summed E-state index contributed by atoms with van der Waals surface area (Å²) in [5.41, 5.74) is 1.30. The second-order valence-corrected chi connectivity index (χ2v) is 10.4. The maximum atomic E-state index is 13.5. The van der Waals surface area contributed by atoms with Crippen LogP contribution in [-0.2, 0) is 11.0 Å². The summed E-state index contributed by atoms with van der Waals surface area (Å²) < 4.78 is 13.5. The molecule has 1 atom stereocenters. The molecule has 0 saturated carbocycles. The molecule has 0 spiro atoms. The van der Waals surface area contributed by atoms with Gasteiger partial charge in [-0.2, -0.15) is 11.3 Å². The van der Waals surface area contributed by atoms with Crippen molar-refractivity contribution in [1.82, 2.24) is 0 Å². The second-order valence-electron chi connectivity index (χ2n) is 5.85. The van der Waals surface area contributed by atoms with Gasteiger partial charge in [0.2, 0.25) is 0 Å². The summed E-state index contributed by atoms with van der Waals surface area (Å²) in [7, 11) is -2.39. The van der Waals surface area contributed by atoms with Crippen LogP contribution in [0.1, 0.15) is 26.3 Å². The van der Waals surface area contributed by atoms with Gasteiger partial charge in [0.15, 0.2) is 0 Å². The lowest BCUT2D eigenvalue weighted by Gasteiger charge is -2.31. The highest BCUT2D eigenvalue weighted by Crippen LogP contribution is 2.56. The van der Waals surface area contributed by atoms with Crippen LogP contribution in [0.5, 0.6) is 0 Å². The van der Waals surface area contributed by atoms with Crippen molar-refractivity contribution in [2.75, 3.05) is 6.16 Å². The zero-order chi connectivity index (χ0) is 13.9. The van der Waals surface area contributed by atoms with Gasteiger partial charge in [0.1, 0.15) is 7.14 Å². The van der Waals surface area contributed by atoms with E-state index in [0.29, 0.717) is 0 Å². The lowest BCUT2D eigenvalue weighted by molar-refractivity contribution is 0.555. The fraction of sp³-hybridized carbons (Fsp3) is 0.375. The molecule has 0 aliphatic carbocycles. The van der Waals surface area contributed by atoms with Crippen LogP contribution in [0, 0.1) is 0 Å². The standard InChI is InChI=1S/C16H21OPS/c1-16(2,3)18(17,15-7-5-4-6-8-15)11-9-14-10-12-19-13-14/h4-8,10,12-13H,9,11H2,1-3H3. The van der Waals surface area contributed by atoms with Crippen LogP contribution in [0.2, 0.25) is 0 Å². The zero-order valence-electron chi connectivity index (χ0n) is 11.8. The molecule has 0 aliphatic heterocycles. The number of hydrogen-bond donors (Lipinski definition) is 0. The van der Waals surface area contributed by atoms with Crippen LogP contribution in [-0.4, -0.2) is 11.3 Å². The molecule has 1 unspecified atom stereocenters. The Morgan fingerprint density at radius 3 is 2.32 bits per heavy atom. The molecule has 1 aromatic heterocycles. The van der Waals surface area contributed by atoms with Crippen LogP contribution in [0.3, 0.4) is 0 Å². The number of aryl methyl sites for hydroxylation is 1. The van der Waals surface area contributed by atoms with E-state index in [9.17, 15) is 4.57 Å². The van der Waals surface area contributed by atoms with Crippen LogP contribution in [0.25, 0.3) is 0 Å². The average molecular weight is 292 g/mol. The third kappa shape index (κ3) is 3.19. The van der Waals surface area contributed by atoms with Gasteiger partial charge in [-0.15, -0.1) is 0 Å². The molecular formula is C16H21OPS. The smallest absolute Gasteiger partial charge is 0.120 e. The lowest BCUT2D eigenvalue weighted by Crippen LogP contribution is -2.25. The van der Waals surface area contributed by atoms with Crippen LogP contribution >= 0.6 is 18.5 Å². The minimum atomic E-state index is -2.39. The van der Waals surface area contributed by atoms with E-state index in [4.69, 9.17) is 0 Å². The third-order valence-corrected chi connectivity index (χ3v) is 8.44. The van der Waals surface area contributed by atoms with E-state index in [1.165, 1.54) is 5.56 Å². The maximum Gasteiger partial charge on any atom is 0.120 e. The monoisotopic (exact) mass is 292 g/mol. The van der Waals surface area contributed by atoms with Crippen molar-refractivity contribution in [3.05, 3.63) is 52.7 Å². The summed E-state index contributed by atoms with van der Waals surface area (Å²) in [4.78, 5) is 0. The molecule has 0 N–H and O–H groups in total. The van der Waals surface area contributed by atoms with E-state index < -0.39 is 7.14 Å². The molecular weight excluding hydrogens is 271 g/mol. The molecule has 0 bridgehead atoms. The Hall–Kier alpha value is -0.850. The van der Waals surface area contributed by atoms with Gasteiger partial charge in [0.25, 0.3) is 0 Å². The topological polar surface area (TPSA) is 17.1 Å². The lowest BCUT2D eigenvalue weighted by atomic mass is 10.2. The summed E-state index contributed by atoms with van der Waals surface area (Å²) in [6.45, 7) is 6.27.